The van der Waals surface area contributed by atoms with Gasteiger partial charge in [-0.2, -0.15) is 0 Å². The molecule has 0 bridgehead atoms. The van der Waals surface area contributed by atoms with Crippen LogP contribution in [0, 0.1) is 5.41 Å². The summed E-state index contributed by atoms with van der Waals surface area (Å²) >= 11 is 0. The lowest BCUT2D eigenvalue weighted by Crippen LogP contribution is -2.29. The number of carboxylic acids is 1. The van der Waals surface area contributed by atoms with Crippen LogP contribution in [0.2, 0.25) is 0 Å². The third kappa shape index (κ3) is 2.79. The zero-order valence-electron chi connectivity index (χ0n) is 7.05. The standard InChI is InChI=1S/C8H15NO3/c10-4-3-8(1-2-8)6-9-5-7(11)12/h9-10H,1-6H2,(H,11,12). The smallest absolute Gasteiger partial charge is 0.317 e. The van der Waals surface area contributed by atoms with E-state index in [1.165, 1.54) is 0 Å². The fourth-order valence-electron chi connectivity index (χ4n) is 1.36. The number of rotatable bonds is 6. The lowest BCUT2D eigenvalue weighted by Gasteiger charge is -2.12. The van der Waals surface area contributed by atoms with E-state index in [-0.39, 0.29) is 18.6 Å². The van der Waals surface area contributed by atoms with Crippen LogP contribution in [0.15, 0.2) is 0 Å². The normalized spacial score (nSPS) is 19.1. The predicted octanol–water partition coefficient (Wildman–Crippen LogP) is -0.177. The molecule has 1 saturated carbocycles. The molecule has 1 aliphatic carbocycles. The molecule has 0 atom stereocenters. The average Bonchev–Trinajstić information content (AvgIpc) is 2.69. The van der Waals surface area contributed by atoms with E-state index in [0.717, 1.165) is 25.8 Å². The number of hydrogen-bond donors (Lipinski definition) is 3. The molecule has 12 heavy (non-hydrogen) atoms. The van der Waals surface area contributed by atoms with E-state index in [2.05, 4.69) is 5.32 Å². The van der Waals surface area contributed by atoms with Gasteiger partial charge in [0.15, 0.2) is 0 Å². The molecule has 0 aromatic carbocycles. The SMILES string of the molecule is O=C(O)CNCC1(CCO)CC1. The van der Waals surface area contributed by atoms with Gasteiger partial charge in [0.2, 0.25) is 0 Å². The van der Waals surface area contributed by atoms with Crippen LogP contribution in [0.3, 0.4) is 0 Å². The van der Waals surface area contributed by atoms with Crippen molar-refractivity contribution >= 4 is 5.97 Å². The van der Waals surface area contributed by atoms with Crippen molar-refractivity contribution in [3.8, 4) is 0 Å². The van der Waals surface area contributed by atoms with E-state index in [0.29, 0.717) is 0 Å². The van der Waals surface area contributed by atoms with Crippen LogP contribution in [0.1, 0.15) is 19.3 Å². The van der Waals surface area contributed by atoms with Crippen LogP contribution in [0.4, 0.5) is 0 Å². The molecule has 0 radical (unpaired) electrons. The number of carbonyl (C=O) groups is 1. The Kier molecular flexibility index (Phi) is 3.05. The van der Waals surface area contributed by atoms with E-state index in [1.807, 2.05) is 0 Å². The first-order chi connectivity index (χ1) is 5.68. The molecule has 4 heteroatoms. The summed E-state index contributed by atoms with van der Waals surface area (Å²) in [4.78, 5) is 10.2. The summed E-state index contributed by atoms with van der Waals surface area (Å²) in [5.74, 6) is -0.824. The highest BCUT2D eigenvalue weighted by Crippen LogP contribution is 2.47. The fraction of sp³-hybridized carbons (Fsp3) is 0.875. The first kappa shape index (κ1) is 9.48. The van der Waals surface area contributed by atoms with Crippen LogP contribution >= 0.6 is 0 Å². The number of aliphatic hydroxyl groups is 1. The summed E-state index contributed by atoms with van der Waals surface area (Å²) in [7, 11) is 0. The van der Waals surface area contributed by atoms with Crippen molar-refractivity contribution in [2.45, 2.75) is 19.3 Å². The van der Waals surface area contributed by atoms with Crippen molar-refractivity contribution in [2.24, 2.45) is 5.41 Å². The largest absolute Gasteiger partial charge is 0.480 e. The van der Waals surface area contributed by atoms with Crippen LogP contribution in [-0.4, -0.2) is 35.9 Å². The molecule has 0 aromatic heterocycles. The number of nitrogens with one attached hydrogen (secondary N) is 1. The molecule has 1 rings (SSSR count). The zero-order chi connectivity index (χ0) is 9.03. The Bertz CT molecular complexity index is 166. The molecule has 0 unspecified atom stereocenters. The van der Waals surface area contributed by atoms with Crippen LogP contribution in [-0.2, 0) is 4.79 Å². The summed E-state index contributed by atoms with van der Waals surface area (Å²) in [6.45, 7) is 0.946. The second-order valence-corrected chi connectivity index (χ2v) is 3.47. The Hall–Kier alpha value is -0.610. The van der Waals surface area contributed by atoms with E-state index in [9.17, 15) is 4.79 Å². The number of aliphatic carboxylic acids is 1. The van der Waals surface area contributed by atoms with Crippen LogP contribution in [0.5, 0.6) is 0 Å². The summed E-state index contributed by atoms with van der Waals surface area (Å²) in [6, 6.07) is 0. The Morgan fingerprint density at radius 2 is 2.17 bits per heavy atom. The van der Waals surface area contributed by atoms with Gasteiger partial charge in [-0.1, -0.05) is 0 Å². The molecule has 4 nitrogen and oxygen atoms in total. The van der Waals surface area contributed by atoms with Crippen molar-refractivity contribution in [2.75, 3.05) is 19.7 Å². The lowest BCUT2D eigenvalue weighted by molar-refractivity contribution is -0.136. The molecule has 0 spiro atoms. The molecular formula is C8H15NO3. The predicted molar refractivity (Wildman–Crippen MR) is 43.9 cm³/mol. The third-order valence-electron chi connectivity index (χ3n) is 2.38. The van der Waals surface area contributed by atoms with Gasteiger partial charge in [0.25, 0.3) is 0 Å². The van der Waals surface area contributed by atoms with E-state index in [1.54, 1.807) is 0 Å². The monoisotopic (exact) mass is 173 g/mol. The van der Waals surface area contributed by atoms with Gasteiger partial charge in [-0.15, -0.1) is 0 Å². The summed E-state index contributed by atoms with van der Waals surface area (Å²) in [6.07, 6.45) is 3.01. The summed E-state index contributed by atoms with van der Waals surface area (Å²) in [5.41, 5.74) is 0.212. The maximum absolute atomic E-state index is 10.2. The van der Waals surface area contributed by atoms with Crippen LogP contribution in [0.25, 0.3) is 0 Å². The highest BCUT2D eigenvalue weighted by Gasteiger charge is 2.41. The highest BCUT2D eigenvalue weighted by molar-refractivity contribution is 5.68. The first-order valence-corrected chi connectivity index (χ1v) is 4.22. The van der Waals surface area contributed by atoms with Crippen LogP contribution < -0.4 is 5.32 Å². The molecule has 0 aliphatic heterocycles. The highest BCUT2D eigenvalue weighted by atomic mass is 16.4. The number of carboxylic acid groups (broad SMARTS) is 1. The first-order valence-electron chi connectivity index (χ1n) is 4.22. The molecule has 0 amide bonds. The van der Waals surface area contributed by atoms with Gasteiger partial charge in [0.05, 0.1) is 6.54 Å². The molecule has 0 aromatic rings. The third-order valence-corrected chi connectivity index (χ3v) is 2.38. The van der Waals surface area contributed by atoms with Crippen molar-refractivity contribution in [3.05, 3.63) is 0 Å². The minimum atomic E-state index is -0.824. The quantitative estimate of drug-likeness (QED) is 0.521. The van der Waals surface area contributed by atoms with Crippen molar-refractivity contribution in [1.29, 1.82) is 0 Å². The van der Waals surface area contributed by atoms with Gasteiger partial charge >= 0.3 is 5.97 Å². The van der Waals surface area contributed by atoms with Gasteiger partial charge in [0, 0.05) is 13.2 Å². The fourth-order valence-corrected chi connectivity index (χ4v) is 1.36. The van der Waals surface area contributed by atoms with E-state index in [4.69, 9.17) is 10.2 Å². The Morgan fingerprint density at radius 1 is 1.50 bits per heavy atom. The lowest BCUT2D eigenvalue weighted by atomic mass is 10.0. The Labute approximate surface area is 71.6 Å². The Morgan fingerprint density at radius 3 is 2.58 bits per heavy atom. The second kappa shape index (κ2) is 3.87. The minimum absolute atomic E-state index is 0.0210. The maximum atomic E-state index is 10.2. The Balaban J connectivity index is 2.09. The van der Waals surface area contributed by atoms with Crippen molar-refractivity contribution < 1.29 is 15.0 Å². The molecule has 0 saturated heterocycles. The summed E-state index contributed by atoms with van der Waals surface area (Å²) < 4.78 is 0. The van der Waals surface area contributed by atoms with Crippen molar-refractivity contribution in [3.63, 3.8) is 0 Å². The minimum Gasteiger partial charge on any atom is -0.480 e. The topological polar surface area (TPSA) is 69.6 Å². The van der Waals surface area contributed by atoms with Gasteiger partial charge in [-0.05, 0) is 24.7 Å². The van der Waals surface area contributed by atoms with E-state index < -0.39 is 5.97 Å². The van der Waals surface area contributed by atoms with Gasteiger partial charge in [-0.3, -0.25) is 4.79 Å². The molecular weight excluding hydrogens is 158 g/mol. The average molecular weight is 173 g/mol. The summed E-state index contributed by atoms with van der Waals surface area (Å²) in [5, 5.41) is 19.9. The van der Waals surface area contributed by atoms with Gasteiger partial charge in [-0.25, -0.2) is 0 Å². The van der Waals surface area contributed by atoms with E-state index >= 15 is 0 Å². The molecule has 0 heterocycles. The van der Waals surface area contributed by atoms with Crippen molar-refractivity contribution in [1.82, 2.24) is 5.32 Å². The number of aliphatic hydroxyl groups excluding tert-OH is 1. The molecule has 1 aliphatic rings. The molecule has 70 valence electrons. The maximum Gasteiger partial charge on any atom is 0.317 e. The second-order valence-electron chi connectivity index (χ2n) is 3.47. The van der Waals surface area contributed by atoms with Gasteiger partial charge < -0.3 is 15.5 Å². The molecule has 3 N–H and O–H groups in total. The number of hydrogen-bond acceptors (Lipinski definition) is 3. The van der Waals surface area contributed by atoms with Gasteiger partial charge in [0.1, 0.15) is 0 Å². The molecule has 1 fully saturated rings. The zero-order valence-corrected chi connectivity index (χ0v) is 7.05.